The minimum Gasteiger partial charge on any atom is -0.504 e. The smallest absolute Gasteiger partial charge is 0.255 e. The number of phenols is 1. The van der Waals surface area contributed by atoms with Crippen molar-refractivity contribution in [1.29, 1.82) is 0 Å². The molecule has 2 rings (SSSR count). The summed E-state index contributed by atoms with van der Waals surface area (Å²) in [6, 6.07) is 8.81. The Kier molecular flexibility index (Phi) is 4.65. The maximum atomic E-state index is 13.0. The van der Waals surface area contributed by atoms with Crippen LogP contribution in [-0.2, 0) is 6.54 Å². The van der Waals surface area contributed by atoms with Gasteiger partial charge in [0.25, 0.3) is 5.91 Å². The predicted molar refractivity (Wildman–Crippen MR) is 77.2 cm³/mol. The lowest BCUT2D eigenvalue weighted by atomic mass is 10.1. The zero-order chi connectivity index (χ0) is 15.4. The van der Waals surface area contributed by atoms with Crippen molar-refractivity contribution in [3.8, 4) is 11.5 Å². The first-order chi connectivity index (χ1) is 10.0. The topological polar surface area (TPSA) is 58.6 Å². The average Bonchev–Trinajstić information content (AvgIpc) is 2.48. The number of para-hydroxylation sites is 1. The minimum atomic E-state index is -0.516. The molecular weight excluding hydrogens is 297 g/mol. The van der Waals surface area contributed by atoms with Crippen LogP contribution in [0.2, 0.25) is 5.02 Å². The van der Waals surface area contributed by atoms with Gasteiger partial charge in [-0.05, 0) is 29.8 Å². The van der Waals surface area contributed by atoms with E-state index in [4.69, 9.17) is 16.3 Å². The van der Waals surface area contributed by atoms with E-state index in [-0.39, 0.29) is 28.6 Å². The summed E-state index contributed by atoms with van der Waals surface area (Å²) in [6.07, 6.45) is 0. The molecule has 0 spiro atoms. The Hall–Kier alpha value is -2.27. The standard InChI is InChI=1S/C15H13ClFNO3/c1-21-13-4-2-3-10(14(13)19)15(20)18-8-9-5-6-12(17)11(16)7-9/h2-7,19H,8H2,1H3,(H,18,20). The number of aromatic hydroxyl groups is 1. The minimum absolute atomic E-state index is 0.00836. The third kappa shape index (κ3) is 3.44. The van der Waals surface area contributed by atoms with Crippen LogP contribution in [-0.4, -0.2) is 18.1 Å². The van der Waals surface area contributed by atoms with E-state index in [1.807, 2.05) is 0 Å². The number of amides is 1. The molecule has 1 amide bonds. The van der Waals surface area contributed by atoms with Crippen molar-refractivity contribution < 1.29 is 19.0 Å². The van der Waals surface area contributed by atoms with Gasteiger partial charge < -0.3 is 15.2 Å². The lowest BCUT2D eigenvalue weighted by molar-refractivity contribution is 0.0947. The molecule has 0 aromatic heterocycles. The van der Waals surface area contributed by atoms with Crippen molar-refractivity contribution in [1.82, 2.24) is 5.32 Å². The Morgan fingerprint density at radius 1 is 1.38 bits per heavy atom. The molecule has 0 heterocycles. The van der Waals surface area contributed by atoms with Crippen molar-refractivity contribution in [2.75, 3.05) is 7.11 Å². The fourth-order valence-corrected chi connectivity index (χ4v) is 2.00. The maximum absolute atomic E-state index is 13.0. The molecule has 2 N–H and O–H groups in total. The highest BCUT2D eigenvalue weighted by Gasteiger charge is 2.14. The first-order valence-electron chi connectivity index (χ1n) is 6.11. The number of carbonyl (C=O) groups excluding carboxylic acids is 1. The average molecular weight is 310 g/mol. The van der Waals surface area contributed by atoms with Gasteiger partial charge in [0.1, 0.15) is 5.82 Å². The van der Waals surface area contributed by atoms with Gasteiger partial charge in [0.2, 0.25) is 0 Å². The number of ether oxygens (including phenoxy) is 1. The van der Waals surface area contributed by atoms with Gasteiger partial charge in [-0.15, -0.1) is 0 Å². The molecule has 0 bridgehead atoms. The van der Waals surface area contributed by atoms with E-state index in [1.54, 1.807) is 12.1 Å². The molecule has 0 saturated carbocycles. The number of hydrogen-bond donors (Lipinski definition) is 2. The number of hydrogen-bond acceptors (Lipinski definition) is 3. The second kappa shape index (κ2) is 6.45. The molecule has 0 aliphatic rings. The fourth-order valence-electron chi connectivity index (χ4n) is 1.80. The molecular formula is C15H13ClFNO3. The Balaban J connectivity index is 2.10. The molecule has 0 atom stereocenters. The first kappa shape index (κ1) is 15.1. The SMILES string of the molecule is COc1cccc(C(=O)NCc2ccc(F)c(Cl)c2)c1O. The number of benzene rings is 2. The van der Waals surface area contributed by atoms with Gasteiger partial charge in [-0.2, -0.15) is 0 Å². The van der Waals surface area contributed by atoms with Crippen LogP contribution in [0.15, 0.2) is 36.4 Å². The lowest BCUT2D eigenvalue weighted by Crippen LogP contribution is -2.23. The summed E-state index contributed by atoms with van der Waals surface area (Å²) in [5.41, 5.74) is 0.750. The zero-order valence-electron chi connectivity index (χ0n) is 11.2. The molecule has 6 heteroatoms. The highest BCUT2D eigenvalue weighted by Crippen LogP contribution is 2.29. The van der Waals surface area contributed by atoms with Crippen LogP contribution in [0.4, 0.5) is 4.39 Å². The van der Waals surface area contributed by atoms with Gasteiger partial charge in [0, 0.05) is 6.54 Å². The van der Waals surface area contributed by atoms with Crippen molar-refractivity contribution in [3.05, 3.63) is 58.4 Å². The number of carbonyl (C=O) groups is 1. The van der Waals surface area contributed by atoms with E-state index in [0.717, 1.165) is 0 Å². The van der Waals surface area contributed by atoms with Crippen LogP contribution in [0.25, 0.3) is 0 Å². The normalized spacial score (nSPS) is 10.2. The van der Waals surface area contributed by atoms with Crippen molar-refractivity contribution in [2.45, 2.75) is 6.54 Å². The Bertz CT molecular complexity index is 676. The quantitative estimate of drug-likeness (QED) is 0.912. The van der Waals surface area contributed by atoms with E-state index < -0.39 is 11.7 Å². The van der Waals surface area contributed by atoms with E-state index in [0.29, 0.717) is 5.56 Å². The van der Waals surface area contributed by atoms with E-state index in [2.05, 4.69) is 5.32 Å². The van der Waals surface area contributed by atoms with Gasteiger partial charge in [0.05, 0.1) is 17.7 Å². The summed E-state index contributed by atoms with van der Waals surface area (Å²) >= 11 is 5.67. The summed E-state index contributed by atoms with van der Waals surface area (Å²) in [4.78, 5) is 12.0. The van der Waals surface area contributed by atoms with Crippen molar-refractivity contribution >= 4 is 17.5 Å². The number of nitrogens with one attached hydrogen (secondary N) is 1. The third-order valence-electron chi connectivity index (χ3n) is 2.90. The largest absolute Gasteiger partial charge is 0.504 e. The van der Waals surface area contributed by atoms with Gasteiger partial charge in [-0.1, -0.05) is 23.7 Å². The summed E-state index contributed by atoms with van der Waals surface area (Å²) in [7, 11) is 1.40. The Labute approximate surface area is 126 Å². The summed E-state index contributed by atoms with van der Waals surface area (Å²) in [5.74, 6) is -0.994. The second-order valence-electron chi connectivity index (χ2n) is 4.29. The third-order valence-corrected chi connectivity index (χ3v) is 3.19. The molecule has 2 aromatic carbocycles. The predicted octanol–water partition coefficient (Wildman–Crippen LogP) is 3.12. The van der Waals surface area contributed by atoms with E-state index >= 15 is 0 Å². The van der Waals surface area contributed by atoms with Crippen molar-refractivity contribution in [2.24, 2.45) is 0 Å². The molecule has 2 aromatic rings. The monoisotopic (exact) mass is 309 g/mol. The molecule has 110 valence electrons. The second-order valence-corrected chi connectivity index (χ2v) is 4.69. The van der Waals surface area contributed by atoms with Gasteiger partial charge in [-0.3, -0.25) is 4.79 Å². The van der Waals surface area contributed by atoms with Crippen molar-refractivity contribution in [3.63, 3.8) is 0 Å². The number of phenolic OH excluding ortho intramolecular Hbond substituents is 1. The highest BCUT2D eigenvalue weighted by atomic mass is 35.5. The van der Waals surface area contributed by atoms with Crippen LogP contribution in [0.1, 0.15) is 15.9 Å². The first-order valence-corrected chi connectivity index (χ1v) is 6.49. The zero-order valence-corrected chi connectivity index (χ0v) is 11.9. The molecule has 0 saturated heterocycles. The summed E-state index contributed by atoms with van der Waals surface area (Å²) in [6.45, 7) is 0.162. The number of halogens is 2. The summed E-state index contributed by atoms with van der Waals surface area (Å²) in [5, 5.41) is 12.5. The van der Waals surface area contributed by atoms with Crippen LogP contribution in [0.5, 0.6) is 11.5 Å². The Morgan fingerprint density at radius 2 is 2.14 bits per heavy atom. The molecule has 0 radical (unpaired) electrons. The molecule has 0 unspecified atom stereocenters. The maximum Gasteiger partial charge on any atom is 0.255 e. The van der Waals surface area contributed by atoms with E-state index in [9.17, 15) is 14.3 Å². The number of rotatable bonds is 4. The fraction of sp³-hybridized carbons (Fsp3) is 0.133. The molecule has 0 aliphatic carbocycles. The van der Waals surface area contributed by atoms with Crippen LogP contribution >= 0.6 is 11.6 Å². The summed E-state index contributed by atoms with van der Waals surface area (Å²) < 4.78 is 18.0. The highest BCUT2D eigenvalue weighted by molar-refractivity contribution is 6.30. The van der Waals surface area contributed by atoms with Gasteiger partial charge >= 0.3 is 0 Å². The molecule has 0 fully saturated rings. The van der Waals surface area contributed by atoms with Gasteiger partial charge in [-0.25, -0.2) is 4.39 Å². The van der Waals surface area contributed by atoms with E-state index in [1.165, 1.54) is 31.4 Å². The molecule has 4 nitrogen and oxygen atoms in total. The molecule has 0 aliphatic heterocycles. The lowest BCUT2D eigenvalue weighted by Gasteiger charge is -2.09. The Morgan fingerprint density at radius 3 is 2.81 bits per heavy atom. The van der Waals surface area contributed by atoms with Crippen LogP contribution < -0.4 is 10.1 Å². The van der Waals surface area contributed by atoms with Crippen LogP contribution in [0.3, 0.4) is 0 Å². The number of methoxy groups -OCH3 is 1. The van der Waals surface area contributed by atoms with Gasteiger partial charge in [0.15, 0.2) is 11.5 Å². The molecule has 21 heavy (non-hydrogen) atoms. The van der Waals surface area contributed by atoms with Crippen LogP contribution in [0, 0.1) is 5.82 Å².